The van der Waals surface area contributed by atoms with Gasteiger partial charge in [0.1, 0.15) is 17.9 Å². The Morgan fingerprint density at radius 1 is 1.35 bits per heavy atom. The maximum absolute atomic E-state index is 12.7. The van der Waals surface area contributed by atoms with E-state index in [9.17, 15) is 4.79 Å². The Labute approximate surface area is 134 Å². The van der Waals surface area contributed by atoms with Crippen molar-refractivity contribution >= 4 is 5.91 Å². The summed E-state index contributed by atoms with van der Waals surface area (Å²) in [7, 11) is 0. The van der Waals surface area contributed by atoms with Crippen molar-refractivity contribution in [2.75, 3.05) is 0 Å². The lowest BCUT2D eigenvalue weighted by atomic mass is 9.76. The lowest BCUT2D eigenvalue weighted by Gasteiger charge is -2.40. The molecule has 6 heteroatoms. The molecule has 2 N–H and O–H groups in total. The topological polar surface area (TPSA) is 79.9 Å². The third-order valence-electron chi connectivity index (χ3n) is 5.08. The zero-order chi connectivity index (χ0) is 16.0. The van der Waals surface area contributed by atoms with Crippen LogP contribution in [0.15, 0.2) is 18.5 Å². The second-order valence-electron chi connectivity index (χ2n) is 6.61. The second kappa shape index (κ2) is 5.08. The van der Waals surface area contributed by atoms with Crippen LogP contribution in [0.5, 0.6) is 5.75 Å². The summed E-state index contributed by atoms with van der Waals surface area (Å²) in [5, 5.41) is 9.94. The molecule has 2 heterocycles. The Bertz CT molecular complexity index is 719. The molecule has 2 aromatic rings. The molecule has 1 amide bonds. The van der Waals surface area contributed by atoms with Crippen molar-refractivity contribution in [1.82, 2.24) is 20.5 Å². The molecule has 1 aromatic carbocycles. The zero-order valence-electron chi connectivity index (χ0n) is 13.3. The summed E-state index contributed by atoms with van der Waals surface area (Å²) in [6, 6.07) is 4.14. The van der Waals surface area contributed by atoms with E-state index in [1.54, 1.807) is 0 Å². The minimum Gasteiger partial charge on any atom is -0.480 e. The molecule has 120 valence electrons. The van der Waals surface area contributed by atoms with Gasteiger partial charge in [-0.15, -0.1) is 0 Å². The number of benzene rings is 1. The van der Waals surface area contributed by atoms with Gasteiger partial charge >= 0.3 is 0 Å². The van der Waals surface area contributed by atoms with Gasteiger partial charge in [-0.3, -0.25) is 9.89 Å². The Kier molecular flexibility index (Phi) is 3.14. The summed E-state index contributed by atoms with van der Waals surface area (Å²) in [5.74, 6) is 1.49. The van der Waals surface area contributed by atoms with Crippen molar-refractivity contribution < 1.29 is 9.53 Å². The number of fused-ring (bicyclic) bond motifs is 1. The van der Waals surface area contributed by atoms with Crippen LogP contribution in [0, 0.1) is 13.8 Å². The third kappa shape index (κ3) is 2.29. The van der Waals surface area contributed by atoms with Crippen LogP contribution in [-0.4, -0.2) is 27.2 Å². The van der Waals surface area contributed by atoms with E-state index >= 15 is 0 Å². The number of ether oxygens (including phenoxy) is 1. The fourth-order valence-corrected chi connectivity index (χ4v) is 3.36. The number of carbonyl (C=O) groups excluding carboxylic acids is 1. The molecule has 0 radical (unpaired) electrons. The minimum atomic E-state index is -0.466. The molecule has 0 saturated heterocycles. The van der Waals surface area contributed by atoms with Crippen LogP contribution in [0.4, 0.5) is 0 Å². The summed E-state index contributed by atoms with van der Waals surface area (Å²) >= 11 is 0. The largest absolute Gasteiger partial charge is 0.480 e. The average molecular weight is 312 g/mol. The fraction of sp³-hybridized carbons (Fsp3) is 0.471. The van der Waals surface area contributed by atoms with Crippen molar-refractivity contribution in [2.45, 2.75) is 51.2 Å². The van der Waals surface area contributed by atoms with Gasteiger partial charge in [-0.25, -0.2) is 4.98 Å². The van der Waals surface area contributed by atoms with Crippen LogP contribution >= 0.6 is 0 Å². The summed E-state index contributed by atoms with van der Waals surface area (Å²) < 4.78 is 5.88. The first-order valence-electron chi connectivity index (χ1n) is 8.02. The third-order valence-corrected chi connectivity index (χ3v) is 5.08. The van der Waals surface area contributed by atoms with Gasteiger partial charge in [0.2, 0.25) is 0 Å². The molecular weight excluding hydrogens is 292 g/mol. The Balaban J connectivity index is 1.51. The van der Waals surface area contributed by atoms with Gasteiger partial charge in [0.15, 0.2) is 6.10 Å². The van der Waals surface area contributed by atoms with Gasteiger partial charge < -0.3 is 10.1 Å². The molecule has 1 aromatic heterocycles. The number of nitrogens with one attached hydrogen (secondary N) is 2. The highest BCUT2D eigenvalue weighted by atomic mass is 16.5. The number of H-pyrrole nitrogens is 1. The number of amides is 1. The van der Waals surface area contributed by atoms with Crippen LogP contribution in [-0.2, 0) is 16.8 Å². The number of hydrogen-bond donors (Lipinski definition) is 2. The number of aromatic nitrogens is 3. The number of aromatic amines is 1. The van der Waals surface area contributed by atoms with Gasteiger partial charge in [-0.05, 0) is 55.9 Å². The summed E-state index contributed by atoms with van der Waals surface area (Å²) in [5.41, 5.74) is 3.11. The molecule has 2 aliphatic rings. The fourth-order valence-electron chi connectivity index (χ4n) is 3.36. The minimum absolute atomic E-state index is 0.0763. The van der Waals surface area contributed by atoms with Crippen molar-refractivity contribution in [3.8, 4) is 5.75 Å². The first kappa shape index (κ1) is 14.2. The van der Waals surface area contributed by atoms with Crippen LogP contribution in [0.25, 0.3) is 0 Å². The lowest BCUT2D eigenvalue weighted by Crippen LogP contribution is -2.55. The van der Waals surface area contributed by atoms with E-state index in [2.05, 4.69) is 40.4 Å². The molecule has 0 unspecified atom stereocenters. The van der Waals surface area contributed by atoms with E-state index in [0.29, 0.717) is 6.42 Å². The Hall–Kier alpha value is -2.37. The summed E-state index contributed by atoms with van der Waals surface area (Å²) in [4.78, 5) is 16.9. The molecule has 1 aliphatic carbocycles. The van der Waals surface area contributed by atoms with E-state index in [1.165, 1.54) is 17.5 Å². The average Bonchev–Trinajstić information content (AvgIpc) is 3.12. The first-order chi connectivity index (χ1) is 11.1. The van der Waals surface area contributed by atoms with Crippen molar-refractivity contribution in [3.05, 3.63) is 41.0 Å². The molecule has 4 rings (SSSR count). The van der Waals surface area contributed by atoms with Gasteiger partial charge in [0, 0.05) is 6.42 Å². The molecular formula is C17H20N4O2. The molecule has 1 aliphatic heterocycles. The highest BCUT2D eigenvalue weighted by Gasteiger charge is 2.44. The molecule has 1 atom stereocenters. The van der Waals surface area contributed by atoms with Gasteiger partial charge in [0.25, 0.3) is 5.91 Å². The highest BCUT2D eigenvalue weighted by Crippen LogP contribution is 2.40. The number of carbonyl (C=O) groups is 1. The molecule has 0 spiro atoms. The molecule has 6 nitrogen and oxygen atoms in total. The van der Waals surface area contributed by atoms with E-state index < -0.39 is 11.6 Å². The second-order valence-corrected chi connectivity index (χ2v) is 6.61. The number of hydrogen-bond acceptors (Lipinski definition) is 4. The van der Waals surface area contributed by atoms with Gasteiger partial charge in [0.05, 0.1) is 5.54 Å². The van der Waals surface area contributed by atoms with E-state index in [4.69, 9.17) is 4.74 Å². The van der Waals surface area contributed by atoms with Crippen LogP contribution in [0.3, 0.4) is 0 Å². The predicted molar refractivity (Wildman–Crippen MR) is 84.1 cm³/mol. The summed E-state index contributed by atoms with van der Waals surface area (Å²) in [6.07, 6.45) is 4.47. The van der Waals surface area contributed by atoms with E-state index in [-0.39, 0.29) is 5.91 Å². The van der Waals surface area contributed by atoms with Crippen LogP contribution in [0.1, 0.15) is 41.8 Å². The van der Waals surface area contributed by atoms with E-state index in [1.807, 2.05) is 6.07 Å². The van der Waals surface area contributed by atoms with Crippen molar-refractivity contribution in [2.24, 2.45) is 0 Å². The Morgan fingerprint density at radius 3 is 2.78 bits per heavy atom. The number of rotatable bonds is 3. The SMILES string of the molecule is Cc1cc2c(cc1C)O[C@H](C(=O)NC1(c3ncn[nH]3)CCC1)C2. The van der Waals surface area contributed by atoms with Crippen molar-refractivity contribution in [3.63, 3.8) is 0 Å². The molecule has 0 bridgehead atoms. The Morgan fingerprint density at radius 2 is 2.13 bits per heavy atom. The standard InChI is InChI=1S/C17H20N4O2/c1-10-6-12-8-14(23-13(12)7-11(10)2)15(22)20-17(4-3-5-17)16-18-9-19-21-16/h6-7,9,14H,3-5,8H2,1-2H3,(H,20,22)(H,18,19,21)/t14-/m0/s1. The smallest absolute Gasteiger partial charge is 0.262 e. The quantitative estimate of drug-likeness (QED) is 0.907. The predicted octanol–water partition coefficient (Wildman–Crippen LogP) is 1.92. The number of nitrogens with zero attached hydrogens (tertiary/aromatic N) is 2. The first-order valence-corrected chi connectivity index (χ1v) is 8.02. The monoisotopic (exact) mass is 312 g/mol. The summed E-state index contributed by atoms with van der Waals surface area (Å²) in [6.45, 7) is 4.13. The van der Waals surface area contributed by atoms with Gasteiger partial charge in [-0.2, -0.15) is 5.10 Å². The maximum Gasteiger partial charge on any atom is 0.262 e. The normalized spacial score (nSPS) is 21.2. The van der Waals surface area contributed by atoms with Crippen LogP contribution < -0.4 is 10.1 Å². The van der Waals surface area contributed by atoms with Gasteiger partial charge in [-0.1, -0.05) is 6.07 Å². The zero-order valence-corrected chi connectivity index (χ0v) is 13.3. The maximum atomic E-state index is 12.7. The van der Waals surface area contributed by atoms with Crippen LogP contribution in [0.2, 0.25) is 0 Å². The number of aryl methyl sites for hydroxylation is 2. The highest BCUT2D eigenvalue weighted by molar-refractivity contribution is 5.83. The molecule has 1 saturated carbocycles. The van der Waals surface area contributed by atoms with Crippen molar-refractivity contribution in [1.29, 1.82) is 0 Å². The lowest BCUT2D eigenvalue weighted by molar-refractivity contribution is -0.130. The van der Waals surface area contributed by atoms with E-state index in [0.717, 1.165) is 36.4 Å². The molecule has 23 heavy (non-hydrogen) atoms. The molecule has 1 fully saturated rings.